The van der Waals surface area contributed by atoms with Gasteiger partial charge >= 0.3 is 0 Å². The van der Waals surface area contributed by atoms with E-state index >= 15 is 0 Å². The van der Waals surface area contributed by atoms with Crippen molar-refractivity contribution in [2.75, 3.05) is 5.32 Å². The highest BCUT2D eigenvalue weighted by Gasteiger charge is 2.04. The molecule has 2 N–H and O–H groups in total. The highest BCUT2D eigenvalue weighted by atomic mass is 16.3. The van der Waals surface area contributed by atoms with Gasteiger partial charge in [-0.3, -0.25) is 0 Å². The number of para-hydroxylation sites is 1. The fourth-order valence-corrected chi connectivity index (χ4v) is 1.63. The summed E-state index contributed by atoms with van der Waals surface area (Å²) in [6.45, 7) is 2.10. The van der Waals surface area contributed by atoms with E-state index in [1.165, 1.54) is 0 Å². The van der Waals surface area contributed by atoms with Crippen molar-refractivity contribution in [3.63, 3.8) is 0 Å². The van der Waals surface area contributed by atoms with Crippen molar-refractivity contribution in [2.45, 2.75) is 13.0 Å². The van der Waals surface area contributed by atoms with E-state index in [9.17, 15) is 5.11 Å². The molecule has 1 unspecified atom stereocenters. The SMILES string of the molecule is CC(Nc1ccccc1)c1ccc(O)cc1. The number of aromatic hydroxyl groups is 1. The number of benzene rings is 2. The Morgan fingerprint density at radius 1 is 0.938 bits per heavy atom. The average molecular weight is 213 g/mol. The summed E-state index contributed by atoms with van der Waals surface area (Å²) < 4.78 is 0. The van der Waals surface area contributed by atoms with E-state index in [0.29, 0.717) is 5.75 Å². The standard InChI is InChI=1S/C14H15NO/c1-11(12-7-9-14(16)10-8-12)15-13-5-3-2-4-6-13/h2-11,15-16H,1H3. The van der Waals surface area contributed by atoms with Gasteiger partial charge < -0.3 is 10.4 Å². The van der Waals surface area contributed by atoms with E-state index in [1.807, 2.05) is 42.5 Å². The van der Waals surface area contributed by atoms with E-state index in [2.05, 4.69) is 12.2 Å². The molecule has 0 fully saturated rings. The van der Waals surface area contributed by atoms with E-state index in [0.717, 1.165) is 11.3 Å². The second kappa shape index (κ2) is 4.71. The van der Waals surface area contributed by atoms with Crippen LogP contribution in [0.2, 0.25) is 0 Å². The third-order valence-electron chi connectivity index (χ3n) is 2.55. The van der Waals surface area contributed by atoms with E-state index in [1.54, 1.807) is 12.1 Å². The van der Waals surface area contributed by atoms with Crippen molar-refractivity contribution in [1.82, 2.24) is 0 Å². The summed E-state index contributed by atoms with van der Waals surface area (Å²) in [5, 5.41) is 12.6. The molecule has 0 aliphatic carbocycles. The first-order valence-corrected chi connectivity index (χ1v) is 5.36. The smallest absolute Gasteiger partial charge is 0.115 e. The highest BCUT2D eigenvalue weighted by molar-refractivity contribution is 5.45. The Bertz CT molecular complexity index is 436. The van der Waals surface area contributed by atoms with E-state index in [-0.39, 0.29) is 6.04 Å². The van der Waals surface area contributed by atoms with E-state index in [4.69, 9.17) is 0 Å². The lowest BCUT2D eigenvalue weighted by molar-refractivity contribution is 0.475. The first-order chi connectivity index (χ1) is 7.75. The lowest BCUT2D eigenvalue weighted by Gasteiger charge is -2.15. The monoisotopic (exact) mass is 213 g/mol. The minimum Gasteiger partial charge on any atom is -0.508 e. The third kappa shape index (κ3) is 2.54. The van der Waals surface area contributed by atoms with Crippen LogP contribution >= 0.6 is 0 Å². The lowest BCUT2D eigenvalue weighted by atomic mass is 10.1. The van der Waals surface area contributed by atoms with Gasteiger partial charge in [-0.15, -0.1) is 0 Å². The maximum Gasteiger partial charge on any atom is 0.115 e. The zero-order valence-electron chi connectivity index (χ0n) is 9.22. The predicted molar refractivity (Wildman–Crippen MR) is 66.6 cm³/mol. The van der Waals surface area contributed by atoms with Crippen molar-refractivity contribution in [1.29, 1.82) is 0 Å². The molecular weight excluding hydrogens is 198 g/mol. The molecule has 0 aliphatic heterocycles. The van der Waals surface area contributed by atoms with Gasteiger partial charge in [-0.25, -0.2) is 0 Å². The molecule has 0 saturated carbocycles. The number of hydrogen-bond donors (Lipinski definition) is 2. The Labute approximate surface area is 95.6 Å². The van der Waals surface area contributed by atoms with Crippen LogP contribution in [0.1, 0.15) is 18.5 Å². The molecule has 0 bridgehead atoms. The van der Waals surface area contributed by atoms with Crippen molar-refractivity contribution < 1.29 is 5.11 Å². The second-order valence-corrected chi connectivity index (χ2v) is 3.82. The van der Waals surface area contributed by atoms with Gasteiger partial charge in [0.2, 0.25) is 0 Å². The van der Waals surface area contributed by atoms with Crippen LogP contribution in [0.25, 0.3) is 0 Å². The Hall–Kier alpha value is -1.96. The third-order valence-corrected chi connectivity index (χ3v) is 2.55. The summed E-state index contributed by atoms with van der Waals surface area (Å²) in [4.78, 5) is 0. The van der Waals surface area contributed by atoms with Crippen LogP contribution in [0.3, 0.4) is 0 Å². The molecule has 1 atom stereocenters. The van der Waals surface area contributed by atoms with Crippen LogP contribution in [-0.2, 0) is 0 Å². The van der Waals surface area contributed by atoms with Crippen LogP contribution in [-0.4, -0.2) is 5.11 Å². The van der Waals surface area contributed by atoms with Gasteiger partial charge in [0.05, 0.1) is 0 Å². The number of anilines is 1. The van der Waals surface area contributed by atoms with Crippen molar-refractivity contribution >= 4 is 5.69 Å². The van der Waals surface area contributed by atoms with Crippen LogP contribution in [0.15, 0.2) is 54.6 Å². The molecule has 16 heavy (non-hydrogen) atoms. The molecule has 0 radical (unpaired) electrons. The van der Waals surface area contributed by atoms with E-state index < -0.39 is 0 Å². The molecule has 2 nitrogen and oxygen atoms in total. The molecule has 2 rings (SSSR count). The quantitative estimate of drug-likeness (QED) is 0.817. The first-order valence-electron chi connectivity index (χ1n) is 5.36. The number of nitrogens with one attached hydrogen (secondary N) is 1. The number of phenols is 1. The molecular formula is C14H15NO. The van der Waals surface area contributed by atoms with Gasteiger partial charge in [-0.05, 0) is 36.8 Å². The second-order valence-electron chi connectivity index (χ2n) is 3.82. The molecule has 82 valence electrons. The zero-order valence-corrected chi connectivity index (χ0v) is 9.22. The van der Waals surface area contributed by atoms with Crippen LogP contribution in [0.4, 0.5) is 5.69 Å². The molecule has 0 aliphatic rings. The Morgan fingerprint density at radius 3 is 2.19 bits per heavy atom. The van der Waals surface area contributed by atoms with Gasteiger partial charge in [-0.1, -0.05) is 30.3 Å². The number of hydrogen-bond acceptors (Lipinski definition) is 2. The normalized spacial score (nSPS) is 12.1. The first kappa shape index (κ1) is 10.6. The lowest BCUT2D eigenvalue weighted by Crippen LogP contribution is -2.05. The number of rotatable bonds is 3. The average Bonchev–Trinajstić information content (AvgIpc) is 2.31. The molecule has 0 saturated heterocycles. The summed E-state index contributed by atoms with van der Waals surface area (Å²) in [5.41, 5.74) is 2.25. The fourth-order valence-electron chi connectivity index (χ4n) is 1.63. The maximum atomic E-state index is 9.21. The van der Waals surface area contributed by atoms with Crippen molar-refractivity contribution in [3.8, 4) is 5.75 Å². The zero-order chi connectivity index (χ0) is 11.4. The topological polar surface area (TPSA) is 32.3 Å². The predicted octanol–water partition coefficient (Wildman–Crippen LogP) is 3.57. The van der Waals surface area contributed by atoms with Crippen molar-refractivity contribution in [2.24, 2.45) is 0 Å². The minimum absolute atomic E-state index is 0.225. The van der Waals surface area contributed by atoms with Gasteiger partial charge in [0.15, 0.2) is 0 Å². The molecule has 0 aromatic heterocycles. The molecule has 0 heterocycles. The molecule has 2 aromatic rings. The molecule has 0 amide bonds. The van der Waals surface area contributed by atoms with Gasteiger partial charge in [0.1, 0.15) is 5.75 Å². The summed E-state index contributed by atoms with van der Waals surface area (Å²) in [6.07, 6.45) is 0. The van der Waals surface area contributed by atoms with Crippen molar-refractivity contribution in [3.05, 3.63) is 60.2 Å². The Balaban J connectivity index is 2.09. The van der Waals surface area contributed by atoms with Crippen LogP contribution in [0.5, 0.6) is 5.75 Å². The maximum absolute atomic E-state index is 9.21. The fraction of sp³-hybridized carbons (Fsp3) is 0.143. The molecule has 2 aromatic carbocycles. The molecule has 2 heteroatoms. The molecule has 0 spiro atoms. The minimum atomic E-state index is 0.225. The summed E-state index contributed by atoms with van der Waals surface area (Å²) in [7, 11) is 0. The number of phenolic OH excluding ortho intramolecular Hbond substituents is 1. The Kier molecular flexibility index (Phi) is 3.10. The summed E-state index contributed by atoms with van der Waals surface area (Å²) >= 11 is 0. The van der Waals surface area contributed by atoms with Gasteiger partial charge in [0, 0.05) is 11.7 Å². The van der Waals surface area contributed by atoms with Crippen LogP contribution in [0, 0.1) is 0 Å². The Morgan fingerprint density at radius 2 is 1.56 bits per heavy atom. The van der Waals surface area contributed by atoms with Gasteiger partial charge in [-0.2, -0.15) is 0 Å². The largest absolute Gasteiger partial charge is 0.508 e. The summed E-state index contributed by atoms with van der Waals surface area (Å²) in [5.74, 6) is 0.302. The summed E-state index contributed by atoms with van der Waals surface area (Å²) in [6, 6.07) is 17.6. The van der Waals surface area contributed by atoms with Gasteiger partial charge in [0.25, 0.3) is 0 Å². The highest BCUT2D eigenvalue weighted by Crippen LogP contribution is 2.20. The van der Waals surface area contributed by atoms with Crippen LogP contribution < -0.4 is 5.32 Å².